The van der Waals surface area contributed by atoms with Gasteiger partial charge in [-0.05, 0) is 36.8 Å². The molecule has 0 saturated carbocycles. The van der Waals surface area contributed by atoms with Crippen molar-refractivity contribution in [2.75, 3.05) is 17.7 Å². The minimum absolute atomic E-state index is 0.244. The molecule has 0 aliphatic heterocycles. The van der Waals surface area contributed by atoms with Crippen LogP contribution in [0.5, 0.6) is 5.75 Å². The number of nitrogens with one attached hydrogen (secondary N) is 2. The van der Waals surface area contributed by atoms with Crippen molar-refractivity contribution in [2.24, 2.45) is 0 Å². The van der Waals surface area contributed by atoms with Gasteiger partial charge in [-0.15, -0.1) is 10.2 Å². The van der Waals surface area contributed by atoms with E-state index in [0.717, 1.165) is 5.56 Å². The Labute approximate surface area is 152 Å². The van der Waals surface area contributed by atoms with Gasteiger partial charge in [-0.2, -0.15) is 0 Å². The van der Waals surface area contributed by atoms with Crippen LogP contribution in [0, 0.1) is 6.92 Å². The van der Waals surface area contributed by atoms with Gasteiger partial charge in [0.05, 0.1) is 7.11 Å². The van der Waals surface area contributed by atoms with Crippen molar-refractivity contribution in [1.82, 2.24) is 10.2 Å². The van der Waals surface area contributed by atoms with Gasteiger partial charge in [-0.3, -0.25) is 4.79 Å². The maximum atomic E-state index is 12.3. The van der Waals surface area contributed by atoms with E-state index in [1.165, 1.54) is 5.56 Å². The Morgan fingerprint density at radius 1 is 1.04 bits per heavy atom. The number of anilines is 2. The maximum Gasteiger partial charge on any atom is 0.276 e. The average molecular weight is 348 g/mol. The van der Waals surface area contributed by atoms with Crippen LogP contribution in [0.2, 0.25) is 0 Å². The monoisotopic (exact) mass is 348 g/mol. The molecule has 26 heavy (non-hydrogen) atoms. The van der Waals surface area contributed by atoms with Crippen molar-refractivity contribution in [3.05, 3.63) is 77.5 Å². The van der Waals surface area contributed by atoms with E-state index >= 15 is 0 Å². The van der Waals surface area contributed by atoms with E-state index in [0.29, 0.717) is 23.8 Å². The molecule has 1 amide bonds. The lowest BCUT2D eigenvalue weighted by Gasteiger charge is -2.08. The van der Waals surface area contributed by atoms with Gasteiger partial charge in [-0.1, -0.05) is 35.9 Å². The molecule has 6 nitrogen and oxygen atoms in total. The van der Waals surface area contributed by atoms with Crippen LogP contribution in [0.1, 0.15) is 21.6 Å². The van der Waals surface area contributed by atoms with Crippen LogP contribution < -0.4 is 15.4 Å². The Morgan fingerprint density at radius 3 is 2.54 bits per heavy atom. The summed E-state index contributed by atoms with van der Waals surface area (Å²) in [7, 11) is 1.58. The summed E-state index contributed by atoms with van der Waals surface area (Å²) in [4.78, 5) is 12.3. The van der Waals surface area contributed by atoms with E-state index in [9.17, 15) is 4.79 Å². The summed E-state index contributed by atoms with van der Waals surface area (Å²) in [6.07, 6.45) is 0. The number of carbonyl (C=O) groups is 1. The van der Waals surface area contributed by atoms with Crippen LogP contribution in [0.3, 0.4) is 0 Å². The molecule has 0 radical (unpaired) electrons. The molecule has 0 saturated heterocycles. The SMILES string of the molecule is COc1cccc(NC(=O)c2ccc(NCc3ccc(C)cc3)nn2)c1. The zero-order valence-electron chi connectivity index (χ0n) is 14.7. The lowest BCUT2D eigenvalue weighted by Crippen LogP contribution is -2.15. The molecule has 6 heteroatoms. The normalized spacial score (nSPS) is 10.2. The topological polar surface area (TPSA) is 76.1 Å². The number of aromatic nitrogens is 2. The summed E-state index contributed by atoms with van der Waals surface area (Å²) < 4.78 is 5.14. The molecule has 2 N–H and O–H groups in total. The van der Waals surface area contributed by atoms with Gasteiger partial charge in [0, 0.05) is 18.3 Å². The van der Waals surface area contributed by atoms with Crippen LogP contribution in [0.25, 0.3) is 0 Å². The first-order valence-electron chi connectivity index (χ1n) is 8.22. The van der Waals surface area contributed by atoms with Crippen molar-refractivity contribution in [2.45, 2.75) is 13.5 Å². The van der Waals surface area contributed by atoms with Gasteiger partial charge in [0.2, 0.25) is 0 Å². The average Bonchev–Trinajstić information content (AvgIpc) is 2.68. The third kappa shape index (κ3) is 4.57. The van der Waals surface area contributed by atoms with Gasteiger partial charge in [-0.25, -0.2) is 0 Å². The molecule has 0 bridgehead atoms. The second-order valence-electron chi connectivity index (χ2n) is 5.83. The van der Waals surface area contributed by atoms with Crippen molar-refractivity contribution in [3.63, 3.8) is 0 Å². The van der Waals surface area contributed by atoms with E-state index in [1.807, 2.05) is 6.07 Å². The maximum absolute atomic E-state index is 12.3. The second kappa shape index (κ2) is 8.11. The number of nitrogens with zero attached hydrogens (tertiary/aromatic N) is 2. The van der Waals surface area contributed by atoms with E-state index in [-0.39, 0.29) is 11.6 Å². The van der Waals surface area contributed by atoms with E-state index in [4.69, 9.17) is 4.74 Å². The minimum atomic E-state index is -0.323. The predicted molar refractivity (Wildman–Crippen MR) is 101 cm³/mol. The number of hydrogen-bond acceptors (Lipinski definition) is 5. The lowest BCUT2D eigenvalue weighted by atomic mass is 10.1. The summed E-state index contributed by atoms with van der Waals surface area (Å²) in [5.74, 6) is 0.962. The molecule has 3 aromatic rings. The molecule has 0 aliphatic rings. The number of hydrogen-bond donors (Lipinski definition) is 2. The highest BCUT2D eigenvalue weighted by atomic mass is 16.5. The molecule has 0 fully saturated rings. The molecule has 0 aliphatic carbocycles. The molecule has 1 aromatic heterocycles. The fourth-order valence-electron chi connectivity index (χ4n) is 2.34. The number of amides is 1. The number of benzene rings is 2. The van der Waals surface area contributed by atoms with Crippen LogP contribution in [0.4, 0.5) is 11.5 Å². The molecule has 0 atom stereocenters. The van der Waals surface area contributed by atoms with E-state index < -0.39 is 0 Å². The molecule has 0 spiro atoms. The number of aryl methyl sites for hydroxylation is 1. The van der Waals surface area contributed by atoms with Crippen LogP contribution in [-0.2, 0) is 6.54 Å². The first-order chi connectivity index (χ1) is 12.6. The highest BCUT2D eigenvalue weighted by molar-refractivity contribution is 6.02. The molecule has 0 unspecified atom stereocenters. The summed E-state index contributed by atoms with van der Waals surface area (Å²) in [6, 6.07) is 18.8. The first kappa shape index (κ1) is 17.4. The van der Waals surface area contributed by atoms with Gasteiger partial charge in [0.15, 0.2) is 5.69 Å². The van der Waals surface area contributed by atoms with E-state index in [1.54, 1.807) is 37.4 Å². The highest BCUT2D eigenvalue weighted by Crippen LogP contribution is 2.17. The Balaban J connectivity index is 1.59. The molecule has 1 heterocycles. The third-order valence-corrected chi connectivity index (χ3v) is 3.82. The summed E-state index contributed by atoms with van der Waals surface area (Å²) >= 11 is 0. The zero-order chi connectivity index (χ0) is 18.4. The van der Waals surface area contributed by atoms with E-state index in [2.05, 4.69) is 52.0 Å². The second-order valence-corrected chi connectivity index (χ2v) is 5.83. The fraction of sp³-hybridized carbons (Fsp3) is 0.150. The Hall–Kier alpha value is -3.41. The highest BCUT2D eigenvalue weighted by Gasteiger charge is 2.09. The predicted octanol–water partition coefficient (Wildman–Crippen LogP) is 3.66. The quantitative estimate of drug-likeness (QED) is 0.711. The minimum Gasteiger partial charge on any atom is -0.497 e. The van der Waals surface area contributed by atoms with Crippen LogP contribution in [-0.4, -0.2) is 23.2 Å². The van der Waals surface area contributed by atoms with Crippen LogP contribution in [0.15, 0.2) is 60.7 Å². The summed E-state index contributed by atoms with van der Waals surface area (Å²) in [5, 5.41) is 14.0. The molecule has 132 valence electrons. The fourth-order valence-corrected chi connectivity index (χ4v) is 2.34. The number of carbonyl (C=O) groups excluding carboxylic acids is 1. The Kier molecular flexibility index (Phi) is 5.43. The van der Waals surface area contributed by atoms with Crippen molar-refractivity contribution < 1.29 is 9.53 Å². The van der Waals surface area contributed by atoms with Crippen molar-refractivity contribution in [1.29, 1.82) is 0 Å². The summed E-state index contributed by atoms with van der Waals surface area (Å²) in [6.45, 7) is 2.70. The van der Waals surface area contributed by atoms with Gasteiger partial charge in [0.25, 0.3) is 5.91 Å². The Bertz CT molecular complexity index is 877. The smallest absolute Gasteiger partial charge is 0.276 e. The van der Waals surface area contributed by atoms with Crippen LogP contribution >= 0.6 is 0 Å². The number of rotatable bonds is 6. The molecular weight excluding hydrogens is 328 g/mol. The van der Waals surface area contributed by atoms with Gasteiger partial charge in [0.1, 0.15) is 11.6 Å². The van der Waals surface area contributed by atoms with Crippen molar-refractivity contribution >= 4 is 17.4 Å². The lowest BCUT2D eigenvalue weighted by molar-refractivity contribution is 0.102. The Morgan fingerprint density at radius 2 is 1.85 bits per heavy atom. The zero-order valence-corrected chi connectivity index (χ0v) is 14.7. The van der Waals surface area contributed by atoms with Gasteiger partial charge >= 0.3 is 0 Å². The third-order valence-electron chi connectivity index (χ3n) is 3.82. The summed E-state index contributed by atoms with van der Waals surface area (Å²) in [5.41, 5.74) is 3.25. The van der Waals surface area contributed by atoms with Crippen molar-refractivity contribution in [3.8, 4) is 5.75 Å². The molecular formula is C20H20N4O2. The van der Waals surface area contributed by atoms with Gasteiger partial charge < -0.3 is 15.4 Å². The molecule has 3 rings (SSSR count). The largest absolute Gasteiger partial charge is 0.497 e. The number of ether oxygens (including phenoxy) is 1. The molecule has 2 aromatic carbocycles. The first-order valence-corrected chi connectivity index (χ1v) is 8.22. The standard InChI is InChI=1S/C20H20N4O2/c1-14-6-8-15(9-7-14)13-21-19-11-10-18(23-24-19)20(25)22-16-4-3-5-17(12-16)26-2/h3-12H,13H2,1-2H3,(H,21,24)(H,22,25). The number of methoxy groups -OCH3 is 1.